The van der Waals surface area contributed by atoms with Crippen molar-refractivity contribution in [1.29, 1.82) is 0 Å². The molecule has 78 heavy (non-hydrogen) atoms. The highest BCUT2D eigenvalue weighted by Crippen LogP contribution is 2.25. The summed E-state index contributed by atoms with van der Waals surface area (Å²) in [6, 6.07) is 15.6. The molecule has 2 fully saturated rings. The summed E-state index contributed by atoms with van der Waals surface area (Å²) >= 11 is 0. The molecule has 3 aromatic carbocycles. The lowest BCUT2D eigenvalue weighted by atomic mass is 9.99. The number of fused-ring (bicyclic) bond motifs is 2. The molecule has 11 N–H and O–H groups in total. The number of nitrogens with zero attached hydrogens (tertiary/aromatic N) is 5. The molecular weight excluding hydrogens is 1010 g/mol. The number of aromatic nitrogens is 1. The molecule has 7 atom stereocenters. The molecule has 23 heteroatoms. The molecule has 0 aliphatic carbocycles. The van der Waals surface area contributed by atoms with Crippen molar-refractivity contribution < 1.29 is 47.1 Å². The number of nitrogens with one attached hydrogen (secondary N) is 5. The average molecular weight is 1080 g/mol. The van der Waals surface area contributed by atoms with E-state index < -0.39 is 109 Å². The molecule has 1 unspecified atom stereocenters. The highest BCUT2D eigenvalue weighted by atomic mass is 19.1. The molecule has 4 aromatic rings. The molecule has 21 nitrogen and oxygen atoms in total. The van der Waals surface area contributed by atoms with Crippen molar-refractivity contribution >= 4 is 80.6 Å². The maximum absolute atomic E-state index is 14.5. The first-order valence-electron chi connectivity index (χ1n) is 26.3. The Labute approximate surface area is 451 Å². The Bertz CT molecular complexity index is 2890. The van der Waals surface area contributed by atoms with Crippen LogP contribution in [0.5, 0.6) is 0 Å². The van der Waals surface area contributed by atoms with E-state index >= 15 is 0 Å². The predicted molar refractivity (Wildman–Crippen MR) is 291 cm³/mol. The van der Waals surface area contributed by atoms with Gasteiger partial charge in [0.25, 0.3) is 11.8 Å². The second-order valence-corrected chi connectivity index (χ2v) is 20.3. The van der Waals surface area contributed by atoms with E-state index in [0.29, 0.717) is 17.5 Å². The van der Waals surface area contributed by atoms with E-state index in [1.54, 1.807) is 58.0 Å². The minimum absolute atomic E-state index is 0.00979. The number of nitrogens with two attached hydrogens (primary N) is 3. The molecule has 6 amide bonds. The lowest BCUT2D eigenvalue weighted by Crippen LogP contribution is -2.56. The van der Waals surface area contributed by atoms with Crippen LogP contribution in [0.1, 0.15) is 93.5 Å². The summed E-state index contributed by atoms with van der Waals surface area (Å²) in [5.74, 6) is -6.49. The first-order valence-corrected chi connectivity index (χ1v) is 26.3. The number of carbonyl (C=O) groups excluding carboxylic acids is 8. The SMILES string of the molecule is CC(C)[C@H](NC(=O)c1ccc2ccccc2n1)C(=O)N1CC(NC(N)=NCCC[C@H](NC(=O)[C@@H]2CCCN2C(=O)[C@@H](NC(=O)c2cccc3ccccc23)C(C)C)C(=O)CF)C[C@H]1C(=O)N[C@@H](CCCN=C(N)N)C(=O)CF. The number of Topliss-reactive ketones (excluding diaryl/α,β-unsaturated/α-hetero) is 2. The maximum atomic E-state index is 14.5. The maximum Gasteiger partial charge on any atom is 0.270 e. The van der Waals surface area contributed by atoms with Gasteiger partial charge < -0.3 is 53.6 Å². The van der Waals surface area contributed by atoms with Gasteiger partial charge in [-0.15, -0.1) is 0 Å². The molecule has 6 rings (SSSR count). The van der Waals surface area contributed by atoms with E-state index in [-0.39, 0.29) is 88.2 Å². The number of alkyl halides is 2. The Hall–Kier alpha value is -8.11. The first-order chi connectivity index (χ1) is 37.3. The molecule has 3 heterocycles. The Morgan fingerprint density at radius 2 is 1.22 bits per heavy atom. The summed E-state index contributed by atoms with van der Waals surface area (Å²) in [6.45, 7) is 4.47. The van der Waals surface area contributed by atoms with Gasteiger partial charge in [-0.05, 0) is 85.8 Å². The monoisotopic (exact) mass is 1080 g/mol. The smallest absolute Gasteiger partial charge is 0.270 e. The fraction of sp³-hybridized carbons (Fsp3) is 0.473. The molecule has 2 aliphatic heterocycles. The minimum Gasteiger partial charge on any atom is -0.370 e. The number of halogens is 2. The second kappa shape index (κ2) is 27.8. The Morgan fingerprint density at radius 3 is 1.85 bits per heavy atom. The van der Waals surface area contributed by atoms with Crippen LogP contribution in [-0.2, 0) is 28.8 Å². The Balaban J connectivity index is 1.10. The van der Waals surface area contributed by atoms with E-state index in [2.05, 4.69) is 41.6 Å². The molecule has 2 aliphatic rings. The fourth-order valence-electron chi connectivity index (χ4n) is 9.77. The van der Waals surface area contributed by atoms with Crippen molar-refractivity contribution in [2.24, 2.45) is 39.0 Å². The average Bonchev–Trinajstić information content (AvgIpc) is 4.12. The molecule has 0 bridgehead atoms. The number of ketones is 2. The van der Waals surface area contributed by atoms with Gasteiger partial charge in [0, 0.05) is 43.2 Å². The topological polar surface area (TPSA) is 319 Å². The highest BCUT2D eigenvalue weighted by Gasteiger charge is 2.44. The first kappa shape index (κ1) is 59.1. The standard InChI is InChI=1S/C55H71F2N13O8/c1-31(2)46(67-48(73)37-17-9-15-33-13-5-7-16-36(33)37)52(77)69-26-12-21-42(69)50(75)65-39(44(71)28-56)20-11-25-62-55(60)63-35-27-43(51(76)66-40(45(72)29-57)19-10-24-61-54(58)59)70(30-35)53(78)47(32(3)4)68-49(74)41-23-22-34-14-6-8-18-38(34)64-41/h5-9,13-18,22-23,31-32,35,39-40,42-43,46-47H,10-12,19-21,24-30H2,1-4H3,(H,65,75)(H,66,76)(H,67,73)(H,68,74)(H4,58,59,61)(H3,60,62,63)/t35?,39-,40-,42-,43-,46-,47-/m0/s1. The number of rotatable bonds is 25. The van der Waals surface area contributed by atoms with Crippen LogP contribution in [0.3, 0.4) is 0 Å². The number of carbonyl (C=O) groups is 8. The molecule has 418 valence electrons. The molecule has 0 radical (unpaired) electrons. The summed E-state index contributed by atoms with van der Waals surface area (Å²) in [5, 5.41) is 16.3. The van der Waals surface area contributed by atoms with Gasteiger partial charge in [0.05, 0.1) is 17.6 Å². The van der Waals surface area contributed by atoms with Crippen LogP contribution in [0.2, 0.25) is 0 Å². The quantitative estimate of drug-likeness (QED) is 0.0269. The van der Waals surface area contributed by atoms with Crippen molar-refractivity contribution in [3.05, 3.63) is 90.1 Å². The minimum atomic E-state index is -1.37. The fourth-order valence-corrected chi connectivity index (χ4v) is 9.77. The van der Waals surface area contributed by atoms with Gasteiger partial charge in [-0.25, -0.2) is 13.8 Å². The van der Waals surface area contributed by atoms with Gasteiger partial charge >= 0.3 is 0 Å². The largest absolute Gasteiger partial charge is 0.370 e. The third-order valence-corrected chi connectivity index (χ3v) is 13.9. The number of hydrogen-bond donors (Lipinski definition) is 8. The third kappa shape index (κ3) is 15.3. The second-order valence-electron chi connectivity index (χ2n) is 20.3. The van der Waals surface area contributed by atoms with Crippen molar-refractivity contribution in [2.45, 2.75) is 115 Å². The summed E-state index contributed by atoms with van der Waals surface area (Å²) in [6.07, 6.45) is 0.999. The molecule has 0 spiro atoms. The number of likely N-dealkylation sites (tertiary alicyclic amines) is 2. The van der Waals surface area contributed by atoms with Gasteiger partial charge in [-0.3, -0.25) is 48.3 Å². The number of para-hydroxylation sites is 1. The van der Waals surface area contributed by atoms with Gasteiger partial charge in [0.2, 0.25) is 23.6 Å². The third-order valence-electron chi connectivity index (χ3n) is 13.9. The van der Waals surface area contributed by atoms with Crippen molar-refractivity contribution in [3.8, 4) is 0 Å². The Morgan fingerprint density at radius 1 is 0.654 bits per heavy atom. The van der Waals surface area contributed by atoms with E-state index in [9.17, 15) is 47.1 Å². The normalized spacial score (nSPS) is 18.0. The van der Waals surface area contributed by atoms with Crippen LogP contribution in [0.25, 0.3) is 21.7 Å². The van der Waals surface area contributed by atoms with Crippen LogP contribution >= 0.6 is 0 Å². The summed E-state index contributed by atoms with van der Waals surface area (Å²) in [5.41, 5.74) is 18.2. The Kier molecular flexibility index (Phi) is 21.1. The summed E-state index contributed by atoms with van der Waals surface area (Å²) in [4.78, 5) is 125. The van der Waals surface area contributed by atoms with Crippen molar-refractivity contribution in [1.82, 2.24) is 41.4 Å². The van der Waals surface area contributed by atoms with Crippen LogP contribution < -0.4 is 43.8 Å². The van der Waals surface area contributed by atoms with Crippen LogP contribution in [0.4, 0.5) is 8.78 Å². The number of hydrogen-bond acceptors (Lipinski definition) is 11. The van der Waals surface area contributed by atoms with Gasteiger partial charge in [-0.2, -0.15) is 0 Å². The number of amides is 6. The lowest BCUT2D eigenvalue weighted by molar-refractivity contribution is -0.141. The van der Waals surface area contributed by atoms with Gasteiger partial charge in [0.15, 0.2) is 23.5 Å². The van der Waals surface area contributed by atoms with E-state index in [1.165, 1.54) is 15.9 Å². The van der Waals surface area contributed by atoms with Crippen LogP contribution in [-0.4, -0.2) is 156 Å². The number of pyridine rings is 1. The van der Waals surface area contributed by atoms with Crippen molar-refractivity contribution in [3.63, 3.8) is 0 Å². The number of benzene rings is 3. The zero-order valence-electron chi connectivity index (χ0n) is 44.4. The van der Waals surface area contributed by atoms with Crippen LogP contribution in [0.15, 0.2) is 88.8 Å². The van der Waals surface area contributed by atoms with Crippen LogP contribution in [0, 0.1) is 11.8 Å². The number of guanidine groups is 2. The zero-order valence-corrected chi connectivity index (χ0v) is 44.4. The van der Waals surface area contributed by atoms with E-state index in [0.717, 1.165) is 16.2 Å². The van der Waals surface area contributed by atoms with Gasteiger partial charge in [-0.1, -0.05) is 88.4 Å². The van der Waals surface area contributed by atoms with E-state index in [1.807, 2.05) is 42.5 Å². The molecular formula is C55H71F2N13O8. The highest BCUT2D eigenvalue weighted by molar-refractivity contribution is 6.08. The predicted octanol–water partition coefficient (Wildman–Crippen LogP) is 2.34. The zero-order chi connectivity index (χ0) is 56.6. The van der Waals surface area contributed by atoms with Crippen molar-refractivity contribution in [2.75, 3.05) is 39.5 Å². The summed E-state index contributed by atoms with van der Waals surface area (Å²) < 4.78 is 27.8. The molecule has 2 saturated heterocycles. The summed E-state index contributed by atoms with van der Waals surface area (Å²) in [7, 11) is 0. The molecule has 1 aromatic heterocycles. The lowest BCUT2D eigenvalue weighted by Gasteiger charge is -2.31. The number of aliphatic imine (C=N–C) groups is 2. The van der Waals surface area contributed by atoms with Gasteiger partial charge in [0.1, 0.15) is 43.2 Å². The van der Waals surface area contributed by atoms with E-state index in [4.69, 9.17) is 17.2 Å². The molecule has 0 saturated carbocycles.